The molecule has 0 aliphatic carbocycles. The molecule has 22 heavy (non-hydrogen) atoms. The van der Waals surface area contributed by atoms with Crippen LogP contribution in [0.2, 0.25) is 0 Å². The molecule has 1 atom stereocenters. The Bertz CT molecular complexity index is 668. The van der Waals surface area contributed by atoms with E-state index in [2.05, 4.69) is 24.3 Å². The van der Waals surface area contributed by atoms with Crippen LogP contribution in [0.1, 0.15) is 35.6 Å². The number of fused-ring (bicyclic) bond motifs is 1. The van der Waals surface area contributed by atoms with E-state index in [4.69, 9.17) is 4.74 Å². The van der Waals surface area contributed by atoms with E-state index >= 15 is 0 Å². The van der Waals surface area contributed by atoms with Crippen LogP contribution in [0.15, 0.2) is 6.07 Å². The van der Waals surface area contributed by atoms with Gasteiger partial charge in [0.25, 0.3) is 5.91 Å². The highest BCUT2D eigenvalue weighted by atomic mass is 32.1. The first-order valence-corrected chi connectivity index (χ1v) is 8.69. The minimum absolute atomic E-state index is 0.0172. The van der Waals surface area contributed by atoms with Crippen LogP contribution in [-0.4, -0.2) is 35.4 Å². The fourth-order valence-electron chi connectivity index (χ4n) is 2.76. The minimum atomic E-state index is 0.0172. The summed E-state index contributed by atoms with van der Waals surface area (Å²) in [5.74, 6) is 1.00. The van der Waals surface area contributed by atoms with Gasteiger partial charge >= 0.3 is 0 Å². The number of nitrogens with one attached hydrogen (secondary N) is 1. The van der Waals surface area contributed by atoms with Gasteiger partial charge in [0.15, 0.2) is 0 Å². The lowest BCUT2D eigenvalue weighted by Gasteiger charge is -2.08. The molecule has 1 N–H and O–H groups in total. The maximum Gasteiger partial charge on any atom is 0.261 e. The molecule has 6 heteroatoms. The SMILES string of the molecule is Cc1nn(CC(C)C)c2sc(C(=O)NCC3CCOC3)cc12. The van der Waals surface area contributed by atoms with Gasteiger partial charge in [0.2, 0.25) is 0 Å². The normalized spacial score (nSPS) is 18.5. The molecule has 2 aromatic heterocycles. The Morgan fingerprint density at radius 3 is 3.09 bits per heavy atom. The van der Waals surface area contributed by atoms with Crippen LogP contribution in [0.4, 0.5) is 0 Å². The Hall–Kier alpha value is -1.40. The van der Waals surface area contributed by atoms with E-state index in [9.17, 15) is 4.79 Å². The van der Waals surface area contributed by atoms with Crippen molar-refractivity contribution >= 4 is 27.5 Å². The third-order valence-corrected chi connectivity index (χ3v) is 5.09. The second kappa shape index (κ2) is 6.38. The van der Waals surface area contributed by atoms with E-state index in [0.717, 1.165) is 47.0 Å². The molecular weight excluding hydrogens is 298 g/mol. The zero-order chi connectivity index (χ0) is 15.7. The smallest absolute Gasteiger partial charge is 0.261 e. The molecular formula is C16H23N3O2S. The summed E-state index contributed by atoms with van der Waals surface area (Å²) in [6, 6.07) is 1.97. The maximum absolute atomic E-state index is 12.3. The standard InChI is InChI=1S/C16H23N3O2S/c1-10(2)8-19-16-13(11(3)18-19)6-14(22-16)15(20)17-7-12-4-5-21-9-12/h6,10,12H,4-5,7-9H2,1-3H3,(H,17,20). The lowest BCUT2D eigenvalue weighted by atomic mass is 10.1. The summed E-state index contributed by atoms with van der Waals surface area (Å²) in [5.41, 5.74) is 0.996. The molecule has 1 saturated heterocycles. The maximum atomic E-state index is 12.3. The Labute approximate surface area is 134 Å². The molecule has 1 amide bonds. The molecule has 0 radical (unpaired) electrons. The summed E-state index contributed by atoms with van der Waals surface area (Å²) >= 11 is 1.53. The van der Waals surface area contributed by atoms with E-state index in [-0.39, 0.29) is 5.91 Å². The first kappa shape index (κ1) is 15.5. The largest absolute Gasteiger partial charge is 0.381 e. The number of carbonyl (C=O) groups is 1. The lowest BCUT2D eigenvalue weighted by molar-refractivity contribution is 0.0949. The predicted octanol–water partition coefficient (Wildman–Crippen LogP) is 2.83. The van der Waals surface area contributed by atoms with Gasteiger partial charge in [-0.3, -0.25) is 9.48 Å². The summed E-state index contributed by atoms with van der Waals surface area (Å²) in [4.78, 5) is 14.2. The number of ether oxygens (including phenoxy) is 1. The summed E-state index contributed by atoms with van der Waals surface area (Å²) < 4.78 is 7.37. The van der Waals surface area contributed by atoms with Crippen molar-refractivity contribution in [1.29, 1.82) is 0 Å². The van der Waals surface area contributed by atoms with Gasteiger partial charge in [-0.15, -0.1) is 11.3 Å². The van der Waals surface area contributed by atoms with E-state index in [1.165, 1.54) is 11.3 Å². The van der Waals surface area contributed by atoms with Crippen LogP contribution in [0.3, 0.4) is 0 Å². The molecule has 1 aliphatic rings. The van der Waals surface area contributed by atoms with E-state index in [1.807, 2.05) is 17.7 Å². The van der Waals surface area contributed by atoms with Crippen molar-refractivity contribution in [2.24, 2.45) is 11.8 Å². The van der Waals surface area contributed by atoms with Crippen LogP contribution < -0.4 is 5.32 Å². The topological polar surface area (TPSA) is 56.2 Å². The molecule has 5 nitrogen and oxygen atoms in total. The number of nitrogens with zero attached hydrogens (tertiary/aromatic N) is 2. The van der Waals surface area contributed by atoms with Crippen molar-refractivity contribution in [3.63, 3.8) is 0 Å². The van der Waals surface area contributed by atoms with Crippen LogP contribution in [0.5, 0.6) is 0 Å². The number of rotatable bonds is 5. The molecule has 3 heterocycles. The number of amides is 1. The Morgan fingerprint density at radius 1 is 1.59 bits per heavy atom. The average molecular weight is 321 g/mol. The van der Waals surface area contributed by atoms with E-state index in [1.54, 1.807) is 0 Å². The van der Waals surface area contributed by atoms with E-state index < -0.39 is 0 Å². The molecule has 0 spiro atoms. The average Bonchev–Trinajstić information content (AvgIpc) is 3.16. The fourth-order valence-corrected chi connectivity index (χ4v) is 3.85. The Balaban J connectivity index is 1.74. The highest BCUT2D eigenvalue weighted by molar-refractivity contribution is 7.20. The molecule has 0 bridgehead atoms. The summed E-state index contributed by atoms with van der Waals surface area (Å²) in [7, 11) is 0. The van der Waals surface area contributed by atoms with Crippen LogP contribution in [0.25, 0.3) is 10.2 Å². The molecule has 1 unspecified atom stereocenters. The molecule has 1 aliphatic heterocycles. The number of hydrogen-bond donors (Lipinski definition) is 1. The predicted molar refractivity (Wildman–Crippen MR) is 88.4 cm³/mol. The molecule has 2 aromatic rings. The Morgan fingerprint density at radius 2 is 2.41 bits per heavy atom. The molecule has 3 rings (SSSR count). The number of carbonyl (C=O) groups excluding carboxylic acids is 1. The first-order valence-electron chi connectivity index (χ1n) is 7.87. The van der Waals surface area contributed by atoms with Crippen LogP contribution in [0, 0.1) is 18.8 Å². The van der Waals surface area contributed by atoms with Gasteiger partial charge in [0.1, 0.15) is 4.83 Å². The van der Waals surface area contributed by atoms with Gasteiger partial charge in [-0.25, -0.2) is 0 Å². The molecule has 1 fully saturated rings. The first-order chi connectivity index (χ1) is 10.5. The second-order valence-electron chi connectivity index (χ2n) is 6.43. The minimum Gasteiger partial charge on any atom is -0.381 e. The lowest BCUT2D eigenvalue weighted by Crippen LogP contribution is -2.28. The van der Waals surface area contributed by atoms with Crippen molar-refractivity contribution in [3.8, 4) is 0 Å². The second-order valence-corrected chi connectivity index (χ2v) is 7.46. The summed E-state index contributed by atoms with van der Waals surface area (Å²) in [6.07, 6.45) is 1.04. The number of thiophene rings is 1. The Kier molecular flexibility index (Phi) is 4.49. The van der Waals surface area contributed by atoms with Gasteiger partial charge < -0.3 is 10.1 Å². The highest BCUT2D eigenvalue weighted by Crippen LogP contribution is 2.29. The highest BCUT2D eigenvalue weighted by Gasteiger charge is 2.19. The quantitative estimate of drug-likeness (QED) is 0.921. The van der Waals surface area contributed by atoms with Crippen molar-refractivity contribution < 1.29 is 9.53 Å². The third-order valence-electron chi connectivity index (χ3n) is 3.94. The summed E-state index contributed by atoms with van der Waals surface area (Å²) in [5, 5.41) is 8.71. The van der Waals surface area contributed by atoms with Crippen molar-refractivity contribution in [3.05, 3.63) is 16.6 Å². The summed E-state index contributed by atoms with van der Waals surface area (Å²) in [6.45, 7) is 9.50. The zero-order valence-electron chi connectivity index (χ0n) is 13.4. The van der Waals surface area contributed by atoms with Crippen molar-refractivity contribution in [2.45, 2.75) is 33.7 Å². The van der Waals surface area contributed by atoms with Crippen LogP contribution >= 0.6 is 11.3 Å². The van der Waals surface area contributed by atoms with Gasteiger partial charge in [-0.1, -0.05) is 13.8 Å². The van der Waals surface area contributed by atoms with Gasteiger partial charge in [-0.2, -0.15) is 5.10 Å². The van der Waals surface area contributed by atoms with Gasteiger partial charge in [0.05, 0.1) is 17.2 Å². The number of hydrogen-bond acceptors (Lipinski definition) is 4. The van der Waals surface area contributed by atoms with Gasteiger partial charge in [0, 0.05) is 31.0 Å². The number of aromatic nitrogens is 2. The van der Waals surface area contributed by atoms with Crippen molar-refractivity contribution in [2.75, 3.05) is 19.8 Å². The van der Waals surface area contributed by atoms with Crippen LogP contribution in [-0.2, 0) is 11.3 Å². The number of aryl methyl sites for hydroxylation is 1. The zero-order valence-corrected chi connectivity index (χ0v) is 14.2. The molecule has 0 saturated carbocycles. The molecule has 120 valence electrons. The van der Waals surface area contributed by atoms with Crippen molar-refractivity contribution in [1.82, 2.24) is 15.1 Å². The monoisotopic (exact) mass is 321 g/mol. The van der Waals surface area contributed by atoms with E-state index in [0.29, 0.717) is 18.4 Å². The molecule has 0 aromatic carbocycles. The van der Waals surface area contributed by atoms with Gasteiger partial charge in [-0.05, 0) is 25.3 Å². The fraction of sp³-hybridized carbons (Fsp3) is 0.625. The third kappa shape index (κ3) is 3.17.